The van der Waals surface area contributed by atoms with Gasteiger partial charge in [-0.1, -0.05) is 132 Å². The van der Waals surface area contributed by atoms with Crippen LogP contribution in [-0.4, -0.2) is 71.3 Å². The second kappa shape index (κ2) is 33.7. The molecule has 292 valence electrons. The molecule has 0 bridgehead atoms. The van der Waals surface area contributed by atoms with Crippen LogP contribution >= 0.6 is 0 Å². The average Bonchev–Trinajstić information content (AvgIpc) is 3.10. The van der Waals surface area contributed by atoms with Crippen LogP contribution in [-0.2, 0) is 48.2 Å². The summed E-state index contributed by atoms with van der Waals surface area (Å²) in [6, 6.07) is 0. The SMILES string of the molecule is CCCCC(CC)CN(CC(CC)CCCC)C(=O)CC(=O)C(=O)[O-].CCCCC(CC)CN(CC(CC)CCCC)C(=O)CC(=O)C(=O)[O-].[Zn+2]. The van der Waals surface area contributed by atoms with Crippen molar-refractivity contribution >= 4 is 35.3 Å². The van der Waals surface area contributed by atoms with Crippen molar-refractivity contribution in [3.05, 3.63) is 0 Å². The van der Waals surface area contributed by atoms with Crippen molar-refractivity contribution in [2.24, 2.45) is 23.7 Å². The number of ketones is 2. The molecule has 0 aromatic rings. The zero-order valence-corrected chi connectivity index (χ0v) is 36.7. The number of carbonyl (C=O) groups is 6. The van der Waals surface area contributed by atoms with Gasteiger partial charge in [-0.25, -0.2) is 0 Å². The molecule has 51 heavy (non-hydrogen) atoms. The van der Waals surface area contributed by atoms with Gasteiger partial charge in [0, 0.05) is 26.2 Å². The van der Waals surface area contributed by atoms with E-state index >= 15 is 0 Å². The number of hydrogen-bond donors (Lipinski definition) is 0. The summed E-state index contributed by atoms with van der Waals surface area (Å²) in [6.07, 6.45) is 15.9. The van der Waals surface area contributed by atoms with Gasteiger partial charge in [-0.3, -0.25) is 19.2 Å². The normalized spacial score (nSPS) is 13.0. The minimum atomic E-state index is -1.77. The first kappa shape index (κ1) is 53.2. The van der Waals surface area contributed by atoms with E-state index in [4.69, 9.17) is 0 Å². The number of carbonyl (C=O) groups excluding carboxylic acids is 6. The van der Waals surface area contributed by atoms with Gasteiger partial charge in [-0.05, 0) is 49.4 Å². The number of hydrogen-bond acceptors (Lipinski definition) is 8. The fourth-order valence-corrected chi connectivity index (χ4v) is 6.11. The Morgan fingerprint density at radius 1 is 0.431 bits per heavy atom. The van der Waals surface area contributed by atoms with Crippen molar-refractivity contribution in [1.29, 1.82) is 0 Å². The maximum Gasteiger partial charge on any atom is 2.00 e. The molecule has 11 heteroatoms. The minimum absolute atomic E-state index is 0. The Morgan fingerprint density at radius 2 is 0.647 bits per heavy atom. The maximum absolute atomic E-state index is 12.5. The average molecular weight is 774 g/mol. The molecule has 0 spiro atoms. The third-order valence-electron chi connectivity index (χ3n) is 9.87. The van der Waals surface area contributed by atoms with Gasteiger partial charge in [-0.2, -0.15) is 0 Å². The number of Topliss-reactive ketones (excluding diaryl/α,β-unsaturated/α-hetero) is 2. The van der Waals surface area contributed by atoms with Crippen molar-refractivity contribution in [2.45, 2.75) is 171 Å². The summed E-state index contributed by atoms with van der Waals surface area (Å²) in [5.41, 5.74) is 0. The largest absolute Gasteiger partial charge is 2.00 e. The summed E-state index contributed by atoms with van der Waals surface area (Å²) < 4.78 is 0. The van der Waals surface area contributed by atoms with Crippen molar-refractivity contribution in [3.63, 3.8) is 0 Å². The summed E-state index contributed by atoms with van der Waals surface area (Å²) >= 11 is 0. The van der Waals surface area contributed by atoms with Crippen LogP contribution in [0.3, 0.4) is 0 Å². The molecule has 0 rings (SSSR count). The van der Waals surface area contributed by atoms with E-state index in [1.165, 1.54) is 0 Å². The third kappa shape index (κ3) is 26.3. The fourth-order valence-electron chi connectivity index (χ4n) is 6.11. The van der Waals surface area contributed by atoms with E-state index in [2.05, 4.69) is 55.4 Å². The van der Waals surface area contributed by atoms with Gasteiger partial charge >= 0.3 is 19.5 Å². The monoisotopic (exact) mass is 772 g/mol. The van der Waals surface area contributed by atoms with E-state index in [0.717, 1.165) is 103 Å². The zero-order chi connectivity index (χ0) is 38.5. The molecule has 4 unspecified atom stereocenters. The Labute approximate surface area is 323 Å². The zero-order valence-electron chi connectivity index (χ0n) is 33.7. The first-order valence-electron chi connectivity index (χ1n) is 19.8. The molecule has 0 aromatic heterocycles. The van der Waals surface area contributed by atoms with Crippen LogP contribution in [0.25, 0.3) is 0 Å². The van der Waals surface area contributed by atoms with Crippen molar-refractivity contribution in [1.82, 2.24) is 9.80 Å². The molecule has 0 aliphatic carbocycles. The first-order valence-corrected chi connectivity index (χ1v) is 19.8. The van der Waals surface area contributed by atoms with Gasteiger partial charge in [0.05, 0.1) is 12.8 Å². The topological polar surface area (TPSA) is 155 Å². The van der Waals surface area contributed by atoms with E-state index in [0.29, 0.717) is 49.9 Å². The number of carboxylic acid groups (broad SMARTS) is 2. The standard InChI is InChI=1S/2C20H37NO4.Zn/c2*1-5-9-11-16(7-3)14-21(15-17(8-4)12-10-6-2)19(23)13-18(22)20(24)25;/h2*16-17H,5-15H2,1-4H3,(H,24,25);/q;;+2/p-2. The smallest absolute Gasteiger partial charge is 0.542 e. The molecule has 0 aliphatic rings. The number of aliphatic carboxylic acids is 2. The van der Waals surface area contributed by atoms with Gasteiger partial charge in [0.1, 0.15) is 11.9 Å². The van der Waals surface area contributed by atoms with Crippen LogP contribution in [0.15, 0.2) is 0 Å². The van der Waals surface area contributed by atoms with Gasteiger partial charge in [0.2, 0.25) is 11.8 Å². The fraction of sp³-hybridized carbons (Fsp3) is 0.850. The Hall–Kier alpha value is -2.16. The minimum Gasteiger partial charge on any atom is -0.542 e. The Bertz CT molecular complexity index is 864. The molecule has 0 saturated carbocycles. The summed E-state index contributed by atoms with van der Waals surface area (Å²) in [5.74, 6) is -4.98. The van der Waals surface area contributed by atoms with Crippen LogP contribution in [0.2, 0.25) is 0 Å². The predicted molar refractivity (Wildman–Crippen MR) is 196 cm³/mol. The second-order valence-corrected chi connectivity index (χ2v) is 14.0. The van der Waals surface area contributed by atoms with Gasteiger partial charge < -0.3 is 29.6 Å². The number of amides is 2. The molecule has 0 aliphatic heterocycles. The molecule has 0 heterocycles. The molecule has 4 atom stereocenters. The number of rotatable bonds is 30. The summed E-state index contributed by atoms with van der Waals surface area (Å²) in [4.78, 5) is 72.6. The quantitative estimate of drug-likeness (QED) is 0.0496. The molecule has 0 fully saturated rings. The number of carboxylic acids is 2. The molecular weight excluding hydrogens is 702 g/mol. The molecule has 2 amide bonds. The van der Waals surface area contributed by atoms with E-state index in [1.807, 2.05) is 0 Å². The molecular formula is C40H72N2O8Zn. The molecule has 0 N–H and O–H groups in total. The van der Waals surface area contributed by atoms with E-state index in [-0.39, 0.29) is 31.3 Å². The van der Waals surface area contributed by atoms with Crippen LogP contribution in [0.4, 0.5) is 0 Å². The van der Waals surface area contributed by atoms with E-state index < -0.39 is 36.3 Å². The first-order chi connectivity index (χ1) is 23.8. The van der Waals surface area contributed by atoms with Crippen molar-refractivity contribution in [2.75, 3.05) is 26.2 Å². The van der Waals surface area contributed by atoms with Gasteiger partial charge in [-0.15, -0.1) is 0 Å². The molecule has 0 radical (unpaired) electrons. The van der Waals surface area contributed by atoms with Crippen LogP contribution in [0.5, 0.6) is 0 Å². The van der Waals surface area contributed by atoms with E-state index in [1.54, 1.807) is 9.80 Å². The number of nitrogens with zero attached hydrogens (tertiary/aromatic N) is 2. The van der Waals surface area contributed by atoms with Crippen LogP contribution < -0.4 is 10.2 Å². The van der Waals surface area contributed by atoms with Gasteiger partial charge in [0.25, 0.3) is 0 Å². The Morgan fingerprint density at radius 3 is 0.804 bits per heavy atom. The third-order valence-corrected chi connectivity index (χ3v) is 9.87. The molecule has 0 aromatic carbocycles. The molecule has 0 saturated heterocycles. The summed E-state index contributed by atoms with van der Waals surface area (Å²) in [6.45, 7) is 19.5. The summed E-state index contributed by atoms with van der Waals surface area (Å²) in [7, 11) is 0. The Balaban J connectivity index is -0.000000886. The van der Waals surface area contributed by atoms with Crippen molar-refractivity contribution in [3.8, 4) is 0 Å². The maximum atomic E-state index is 12.5. The van der Waals surface area contributed by atoms with E-state index in [9.17, 15) is 39.0 Å². The van der Waals surface area contributed by atoms with Crippen molar-refractivity contribution < 1.29 is 58.5 Å². The molecule has 10 nitrogen and oxygen atoms in total. The van der Waals surface area contributed by atoms with Crippen LogP contribution in [0, 0.1) is 23.7 Å². The number of unbranched alkanes of at least 4 members (excludes halogenated alkanes) is 4. The second-order valence-electron chi connectivity index (χ2n) is 14.0. The summed E-state index contributed by atoms with van der Waals surface area (Å²) in [5, 5.41) is 21.3. The Kier molecular flexibility index (Phi) is 35.1. The predicted octanol–water partition coefficient (Wildman–Crippen LogP) is 5.91. The van der Waals surface area contributed by atoms with Gasteiger partial charge in [0.15, 0.2) is 11.6 Å². The van der Waals surface area contributed by atoms with Crippen LogP contribution in [0.1, 0.15) is 171 Å².